The molecule has 4 nitrogen and oxygen atoms in total. The average molecular weight is 264 g/mol. The fourth-order valence-electron chi connectivity index (χ4n) is 2.04. The highest BCUT2D eigenvalue weighted by atomic mass is 16.5. The first-order valence-electron chi connectivity index (χ1n) is 7.11. The zero-order chi connectivity index (χ0) is 13.5. The van der Waals surface area contributed by atoms with Crippen LogP contribution in [-0.4, -0.2) is 31.3 Å². The van der Waals surface area contributed by atoms with E-state index < -0.39 is 0 Å². The molecule has 0 spiro atoms. The molecule has 0 aliphatic carbocycles. The monoisotopic (exact) mass is 264 g/mol. The van der Waals surface area contributed by atoms with Gasteiger partial charge in [0.2, 0.25) is 5.88 Å². The van der Waals surface area contributed by atoms with Crippen molar-refractivity contribution >= 4 is 0 Å². The highest BCUT2D eigenvalue weighted by Gasteiger charge is 2.16. The summed E-state index contributed by atoms with van der Waals surface area (Å²) in [5.41, 5.74) is 1.03. The first-order chi connectivity index (χ1) is 9.24. The van der Waals surface area contributed by atoms with Gasteiger partial charge in [0.1, 0.15) is 0 Å². The molecule has 2 heterocycles. The first kappa shape index (κ1) is 14.3. The Morgan fingerprint density at radius 2 is 2.37 bits per heavy atom. The number of hydrogen-bond acceptors (Lipinski definition) is 4. The maximum Gasteiger partial charge on any atom is 0.213 e. The highest BCUT2D eigenvalue weighted by Crippen LogP contribution is 2.15. The van der Waals surface area contributed by atoms with Crippen molar-refractivity contribution in [3.05, 3.63) is 23.9 Å². The molecule has 19 heavy (non-hydrogen) atoms. The number of rotatable bonds is 7. The lowest BCUT2D eigenvalue weighted by Crippen LogP contribution is -2.19. The van der Waals surface area contributed by atoms with Gasteiger partial charge in [-0.05, 0) is 24.9 Å². The molecule has 1 fully saturated rings. The lowest BCUT2D eigenvalue weighted by molar-refractivity contribution is 0.165. The van der Waals surface area contributed by atoms with Crippen molar-refractivity contribution in [2.45, 2.75) is 26.8 Å². The van der Waals surface area contributed by atoms with Crippen molar-refractivity contribution in [3.8, 4) is 5.88 Å². The van der Waals surface area contributed by atoms with Crippen molar-refractivity contribution in [2.75, 3.05) is 26.4 Å². The molecule has 1 unspecified atom stereocenters. The Kier molecular flexibility index (Phi) is 5.61. The molecule has 1 aromatic rings. The maximum absolute atomic E-state index is 5.74. The second-order valence-electron chi connectivity index (χ2n) is 5.53. The van der Waals surface area contributed by atoms with E-state index in [1.807, 2.05) is 18.2 Å². The summed E-state index contributed by atoms with van der Waals surface area (Å²) in [5, 5.41) is 3.39. The average Bonchev–Trinajstić information content (AvgIpc) is 2.89. The molecule has 1 saturated heterocycles. The Bertz CT molecular complexity index is 376. The van der Waals surface area contributed by atoms with E-state index in [2.05, 4.69) is 24.1 Å². The zero-order valence-electron chi connectivity index (χ0n) is 11.9. The summed E-state index contributed by atoms with van der Waals surface area (Å²) < 4.78 is 11.1. The third-order valence-electron chi connectivity index (χ3n) is 3.13. The fraction of sp³-hybridized carbons (Fsp3) is 0.667. The van der Waals surface area contributed by atoms with Gasteiger partial charge in [-0.15, -0.1) is 0 Å². The second-order valence-corrected chi connectivity index (χ2v) is 5.53. The van der Waals surface area contributed by atoms with Crippen LogP contribution in [0.2, 0.25) is 0 Å². The molecular weight excluding hydrogens is 240 g/mol. The van der Waals surface area contributed by atoms with Gasteiger partial charge < -0.3 is 14.8 Å². The summed E-state index contributed by atoms with van der Waals surface area (Å²) in [7, 11) is 0. The summed E-state index contributed by atoms with van der Waals surface area (Å²) >= 11 is 0. The third-order valence-corrected chi connectivity index (χ3v) is 3.13. The van der Waals surface area contributed by atoms with E-state index in [1.54, 1.807) is 0 Å². The Morgan fingerprint density at radius 1 is 1.47 bits per heavy atom. The van der Waals surface area contributed by atoms with Gasteiger partial charge in [0.25, 0.3) is 0 Å². The van der Waals surface area contributed by atoms with E-state index >= 15 is 0 Å². The van der Waals surface area contributed by atoms with Gasteiger partial charge in [-0.25, -0.2) is 4.98 Å². The minimum Gasteiger partial charge on any atom is -0.477 e. The van der Waals surface area contributed by atoms with Crippen LogP contribution in [0.3, 0.4) is 0 Å². The first-order valence-corrected chi connectivity index (χ1v) is 7.11. The predicted octanol–water partition coefficient (Wildman–Crippen LogP) is 2.24. The minimum absolute atomic E-state index is 0.518. The van der Waals surface area contributed by atoms with E-state index in [0.29, 0.717) is 18.4 Å². The van der Waals surface area contributed by atoms with Gasteiger partial charge in [-0.1, -0.05) is 19.9 Å². The Hall–Kier alpha value is -1.13. The molecule has 2 rings (SSSR count). The molecule has 1 aromatic heterocycles. The van der Waals surface area contributed by atoms with Crippen LogP contribution in [0.4, 0.5) is 0 Å². The summed E-state index contributed by atoms with van der Waals surface area (Å²) in [5.74, 6) is 1.89. The number of pyridine rings is 1. The van der Waals surface area contributed by atoms with Crippen LogP contribution >= 0.6 is 0 Å². The molecule has 0 saturated carbocycles. The number of ether oxygens (including phenoxy) is 2. The largest absolute Gasteiger partial charge is 0.477 e. The van der Waals surface area contributed by atoms with Gasteiger partial charge in [0.05, 0.1) is 18.9 Å². The topological polar surface area (TPSA) is 43.4 Å². The molecule has 0 aromatic carbocycles. The molecule has 1 N–H and O–H groups in total. The quantitative estimate of drug-likeness (QED) is 0.820. The molecule has 0 radical (unpaired) electrons. The van der Waals surface area contributed by atoms with Crippen molar-refractivity contribution in [1.29, 1.82) is 0 Å². The lowest BCUT2D eigenvalue weighted by Gasteiger charge is -2.11. The van der Waals surface area contributed by atoms with Gasteiger partial charge in [0.15, 0.2) is 0 Å². The van der Waals surface area contributed by atoms with Crippen LogP contribution in [0.1, 0.15) is 26.0 Å². The minimum atomic E-state index is 0.518. The lowest BCUT2D eigenvalue weighted by atomic mass is 10.1. The van der Waals surface area contributed by atoms with Crippen molar-refractivity contribution in [3.63, 3.8) is 0 Å². The summed E-state index contributed by atoms with van der Waals surface area (Å²) in [6.45, 7) is 8.58. The fourth-order valence-corrected chi connectivity index (χ4v) is 2.04. The highest BCUT2D eigenvalue weighted by molar-refractivity contribution is 5.15. The summed E-state index contributed by atoms with van der Waals surface area (Å²) in [6, 6.07) is 5.94. The normalized spacial score (nSPS) is 19.0. The van der Waals surface area contributed by atoms with E-state index in [9.17, 15) is 0 Å². The Morgan fingerprint density at radius 3 is 3.11 bits per heavy atom. The maximum atomic E-state index is 5.74. The smallest absolute Gasteiger partial charge is 0.213 e. The van der Waals surface area contributed by atoms with Crippen LogP contribution < -0.4 is 10.1 Å². The van der Waals surface area contributed by atoms with Crippen molar-refractivity contribution < 1.29 is 9.47 Å². The zero-order valence-corrected chi connectivity index (χ0v) is 11.9. The van der Waals surface area contributed by atoms with Crippen molar-refractivity contribution in [1.82, 2.24) is 10.3 Å². The molecule has 0 amide bonds. The van der Waals surface area contributed by atoms with Gasteiger partial charge >= 0.3 is 0 Å². The Labute approximate surface area is 115 Å². The number of hydrogen-bond donors (Lipinski definition) is 1. The Balaban J connectivity index is 1.77. The summed E-state index contributed by atoms with van der Waals surface area (Å²) in [6.07, 6.45) is 1.09. The number of nitrogens with zero attached hydrogens (tertiary/aromatic N) is 1. The molecule has 4 heteroatoms. The third kappa shape index (κ3) is 5.17. The predicted molar refractivity (Wildman–Crippen MR) is 75.2 cm³/mol. The SMILES string of the molecule is CC(C)CNCc1cccc(OCC2CCOC2)n1. The van der Waals surface area contributed by atoms with Crippen LogP contribution in [0, 0.1) is 11.8 Å². The molecule has 1 aliphatic rings. The second kappa shape index (κ2) is 7.46. The number of aromatic nitrogens is 1. The van der Waals surface area contributed by atoms with Gasteiger partial charge in [-0.3, -0.25) is 0 Å². The van der Waals surface area contributed by atoms with E-state index in [1.165, 1.54) is 0 Å². The van der Waals surface area contributed by atoms with Crippen LogP contribution in [-0.2, 0) is 11.3 Å². The van der Waals surface area contributed by atoms with Crippen LogP contribution in [0.25, 0.3) is 0 Å². The number of nitrogens with one attached hydrogen (secondary N) is 1. The van der Waals surface area contributed by atoms with Crippen LogP contribution in [0.15, 0.2) is 18.2 Å². The van der Waals surface area contributed by atoms with E-state index in [-0.39, 0.29) is 0 Å². The van der Waals surface area contributed by atoms with Gasteiger partial charge in [-0.2, -0.15) is 0 Å². The molecular formula is C15H24N2O2. The van der Waals surface area contributed by atoms with E-state index in [4.69, 9.17) is 9.47 Å². The van der Waals surface area contributed by atoms with Crippen LogP contribution in [0.5, 0.6) is 5.88 Å². The standard InChI is InChI=1S/C15H24N2O2/c1-12(2)8-16-9-14-4-3-5-15(17-14)19-11-13-6-7-18-10-13/h3-5,12-13,16H,6-11H2,1-2H3. The summed E-state index contributed by atoms with van der Waals surface area (Å²) in [4.78, 5) is 4.51. The van der Waals surface area contributed by atoms with Crippen molar-refractivity contribution in [2.24, 2.45) is 11.8 Å². The van der Waals surface area contributed by atoms with Gasteiger partial charge in [0, 0.05) is 25.1 Å². The molecule has 106 valence electrons. The molecule has 1 atom stereocenters. The molecule has 1 aliphatic heterocycles. The van der Waals surface area contributed by atoms with E-state index in [0.717, 1.165) is 44.3 Å². The molecule has 0 bridgehead atoms.